The topological polar surface area (TPSA) is 21.3 Å². The molecule has 2 nitrogen and oxygen atoms in total. The molecule has 1 heterocycles. The molecule has 1 saturated heterocycles. The first kappa shape index (κ1) is 9.47. The molecule has 2 unspecified atom stereocenters. The third-order valence-electron chi connectivity index (χ3n) is 3.64. The second-order valence-corrected chi connectivity index (χ2v) is 4.58. The molecule has 2 fully saturated rings. The maximum Gasteiger partial charge on any atom is 0.0700 e. The normalized spacial score (nSPS) is 44.8. The summed E-state index contributed by atoms with van der Waals surface area (Å²) < 4.78 is 5.53. The molecule has 2 aliphatic rings. The van der Waals surface area contributed by atoms with Gasteiger partial charge in [-0.2, -0.15) is 0 Å². The fourth-order valence-corrected chi connectivity index (χ4v) is 2.46. The molecule has 0 radical (unpaired) electrons. The Labute approximate surface area is 81.0 Å². The summed E-state index contributed by atoms with van der Waals surface area (Å²) in [5.41, 5.74) is 0. The molecule has 0 amide bonds. The van der Waals surface area contributed by atoms with E-state index in [9.17, 15) is 0 Å². The van der Waals surface area contributed by atoms with Crippen molar-refractivity contribution < 1.29 is 4.74 Å². The van der Waals surface area contributed by atoms with Crippen molar-refractivity contribution in [2.75, 3.05) is 6.61 Å². The first-order valence-corrected chi connectivity index (χ1v) is 5.67. The van der Waals surface area contributed by atoms with Crippen molar-refractivity contribution in [2.45, 2.75) is 57.7 Å². The van der Waals surface area contributed by atoms with E-state index in [0.29, 0.717) is 12.1 Å². The molecular weight excluding hydrogens is 162 g/mol. The minimum absolute atomic E-state index is 0.431. The summed E-state index contributed by atoms with van der Waals surface area (Å²) in [6.07, 6.45) is 5.77. The molecule has 2 rings (SSSR count). The summed E-state index contributed by atoms with van der Waals surface area (Å²) in [4.78, 5) is 0. The van der Waals surface area contributed by atoms with Crippen molar-refractivity contribution in [1.29, 1.82) is 0 Å². The van der Waals surface area contributed by atoms with E-state index < -0.39 is 0 Å². The SMILES string of the molecule is CCC1CC(NC2CCOC2C)C1. The van der Waals surface area contributed by atoms with Gasteiger partial charge in [-0.15, -0.1) is 0 Å². The van der Waals surface area contributed by atoms with Gasteiger partial charge < -0.3 is 10.1 Å². The lowest BCUT2D eigenvalue weighted by molar-refractivity contribution is 0.102. The third kappa shape index (κ3) is 2.05. The third-order valence-corrected chi connectivity index (χ3v) is 3.64. The van der Waals surface area contributed by atoms with Crippen LogP contribution in [0.5, 0.6) is 0 Å². The highest BCUT2D eigenvalue weighted by Crippen LogP contribution is 2.31. The van der Waals surface area contributed by atoms with E-state index in [-0.39, 0.29) is 0 Å². The summed E-state index contributed by atoms with van der Waals surface area (Å²) in [6.45, 7) is 5.42. The van der Waals surface area contributed by atoms with E-state index in [2.05, 4.69) is 19.2 Å². The monoisotopic (exact) mass is 183 g/mol. The minimum Gasteiger partial charge on any atom is -0.377 e. The fraction of sp³-hybridized carbons (Fsp3) is 1.00. The zero-order valence-corrected chi connectivity index (χ0v) is 8.75. The molecule has 1 N–H and O–H groups in total. The quantitative estimate of drug-likeness (QED) is 0.722. The average Bonchev–Trinajstić information content (AvgIpc) is 2.43. The van der Waals surface area contributed by atoms with Crippen LogP contribution in [-0.2, 0) is 4.74 Å². The molecule has 0 aromatic rings. The van der Waals surface area contributed by atoms with Crippen LogP contribution >= 0.6 is 0 Å². The fourth-order valence-electron chi connectivity index (χ4n) is 2.46. The van der Waals surface area contributed by atoms with Gasteiger partial charge >= 0.3 is 0 Å². The Balaban J connectivity index is 1.68. The van der Waals surface area contributed by atoms with Gasteiger partial charge in [0.05, 0.1) is 6.10 Å². The van der Waals surface area contributed by atoms with Gasteiger partial charge in [0.25, 0.3) is 0 Å². The number of hydrogen-bond acceptors (Lipinski definition) is 2. The molecule has 13 heavy (non-hydrogen) atoms. The van der Waals surface area contributed by atoms with Gasteiger partial charge in [-0.05, 0) is 32.1 Å². The van der Waals surface area contributed by atoms with Crippen LogP contribution < -0.4 is 5.32 Å². The van der Waals surface area contributed by atoms with E-state index in [4.69, 9.17) is 4.74 Å². The van der Waals surface area contributed by atoms with Crippen molar-refractivity contribution in [2.24, 2.45) is 5.92 Å². The Morgan fingerprint density at radius 1 is 1.38 bits per heavy atom. The number of hydrogen-bond donors (Lipinski definition) is 1. The first-order valence-electron chi connectivity index (χ1n) is 5.67. The van der Waals surface area contributed by atoms with Crippen LogP contribution in [-0.4, -0.2) is 24.8 Å². The molecule has 0 aromatic carbocycles. The summed E-state index contributed by atoms with van der Waals surface area (Å²) in [6, 6.07) is 1.42. The molecule has 1 aliphatic heterocycles. The van der Waals surface area contributed by atoms with E-state index in [1.807, 2.05) is 0 Å². The van der Waals surface area contributed by atoms with Gasteiger partial charge in [-0.1, -0.05) is 13.3 Å². The molecule has 2 heteroatoms. The van der Waals surface area contributed by atoms with E-state index in [0.717, 1.165) is 18.6 Å². The lowest BCUT2D eigenvalue weighted by Gasteiger charge is -2.37. The highest BCUT2D eigenvalue weighted by molar-refractivity contribution is 4.89. The Hall–Kier alpha value is -0.0800. The molecule has 2 atom stereocenters. The standard InChI is InChI=1S/C11H21NO/c1-3-9-6-10(7-9)12-11-4-5-13-8(11)2/h8-12H,3-7H2,1-2H3. The smallest absolute Gasteiger partial charge is 0.0700 e. The maximum atomic E-state index is 5.53. The summed E-state index contributed by atoms with van der Waals surface area (Å²) >= 11 is 0. The van der Waals surface area contributed by atoms with Gasteiger partial charge in [0.15, 0.2) is 0 Å². The summed E-state index contributed by atoms with van der Waals surface area (Å²) in [7, 11) is 0. The van der Waals surface area contributed by atoms with E-state index in [1.165, 1.54) is 25.7 Å². The Kier molecular flexibility index (Phi) is 2.89. The minimum atomic E-state index is 0.431. The zero-order valence-electron chi connectivity index (χ0n) is 8.75. The lowest BCUT2D eigenvalue weighted by atomic mass is 9.78. The second kappa shape index (κ2) is 3.97. The highest BCUT2D eigenvalue weighted by Gasteiger charge is 2.32. The van der Waals surface area contributed by atoms with Crippen LogP contribution in [0.25, 0.3) is 0 Å². The Bertz CT molecular complexity index is 165. The molecule has 1 saturated carbocycles. The van der Waals surface area contributed by atoms with Crippen LogP contribution in [0.4, 0.5) is 0 Å². The van der Waals surface area contributed by atoms with Crippen LogP contribution in [0.15, 0.2) is 0 Å². The number of rotatable bonds is 3. The van der Waals surface area contributed by atoms with Gasteiger partial charge in [0, 0.05) is 18.7 Å². The molecule has 76 valence electrons. The Morgan fingerprint density at radius 3 is 2.69 bits per heavy atom. The molecule has 0 spiro atoms. The van der Waals surface area contributed by atoms with Crippen molar-refractivity contribution in [3.8, 4) is 0 Å². The summed E-state index contributed by atoms with van der Waals surface area (Å²) in [5, 5.41) is 3.70. The largest absolute Gasteiger partial charge is 0.377 e. The van der Waals surface area contributed by atoms with Crippen molar-refractivity contribution in [3.63, 3.8) is 0 Å². The average molecular weight is 183 g/mol. The molecule has 0 bridgehead atoms. The van der Waals surface area contributed by atoms with E-state index in [1.54, 1.807) is 0 Å². The summed E-state index contributed by atoms with van der Waals surface area (Å²) in [5.74, 6) is 0.995. The molecule has 0 aromatic heterocycles. The molecular formula is C11H21NO. The van der Waals surface area contributed by atoms with Gasteiger partial charge in [-0.3, -0.25) is 0 Å². The zero-order chi connectivity index (χ0) is 9.26. The van der Waals surface area contributed by atoms with Crippen molar-refractivity contribution in [1.82, 2.24) is 5.32 Å². The second-order valence-electron chi connectivity index (χ2n) is 4.58. The van der Waals surface area contributed by atoms with Gasteiger partial charge in [0.2, 0.25) is 0 Å². The van der Waals surface area contributed by atoms with Crippen LogP contribution in [0.2, 0.25) is 0 Å². The number of nitrogens with one attached hydrogen (secondary N) is 1. The first-order chi connectivity index (χ1) is 6.29. The number of ether oxygens (including phenoxy) is 1. The predicted molar refractivity (Wildman–Crippen MR) is 53.8 cm³/mol. The van der Waals surface area contributed by atoms with Gasteiger partial charge in [-0.25, -0.2) is 0 Å². The van der Waals surface area contributed by atoms with Gasteiger partial charge in [0.1, 0.15) is 0 Å². The highest BCUT2D eigenvalue weighted by atomic mass is 16.5. The van der Waals surface area contributed by atoms with E-state index >= 15 is 0 Å². The molecule has 1 aliphatic carbocycles. The van der Waals surface area contributed by atoms with Crippen molar-refractivity contribution >= 4 is 0 Å². The Morgan fingerprint density at radius 2 is 2.15 bits per heavy atom. The van der Waals surface area contributed by atoms with Crippen LogP contribution in [0, 0.1) is 5.92 Å². The maximum absolute atomic E-state index is 5.53. The van der Waals surface area contributed by atoms with Crippen LogP contribution in [0.3, 0.4) is 0 Å². The lowest BCUT2D eigenvalue weighted by Crippen LogP contribution is -2.48. The van der Waals surface area contributed by atoms with Crippen LogP contribution in [0.1, 0.15) is 39.5 Å². The predicted octanol–water partition coefficient (Wildman–Crippen LogP) is 1.94. The van der Waals surface area contributed by atoms with Crippen molar-refractivity contribution in [3.05, 3.63) is 0 Å².